The van der Waals surface area contributed by atoms with Gasteiger partial charge in [0, 0.05) is 5.69 Å². The molecular weight excluding hydrogens is 354 g/mol. The van der Waals surface area contributed by atoms with Gasteiger partial charge in [0.1, 0.15) is 5.54 Å². The molecule has 0 aromatic heterocycles. The Balaban J connectivity index is 1.96. The highest BCUT2D eigenvalue weighted by molar-refractivity contribution is 6.30. The van der Waals surface area contributed by atoms with Crippen molar-refractivity contribution in [2.75, 3.05) is 5.32 Å². The summed E-state index contributed by atoms with van der Waals surface area (Å²) in [6.45, 7) is 4.27. The summed E-state index contributed by atoms with van der Waals surface area (Å²) >= 11 is 0. The number of rotatable bonds is 4. The normalized spacial score (nSPS) is 25.0. The minimum absolute atomic E-state index is 0.284. The lowest BCUT2D eigenvalue weighted by molar-refractivity contribution is -0.125. The van der Waals surface area contributed by atoms with Crippen LogP contribution < -0.4 is 5.32 Å². The summed E-state index contributed by atoms with van der Waals surface area (Å²) < 4.78 is 0. The largest absolute Gasteiger partial charge is 0.369 e. The fraction of sp³-hybridized carbons (Fsp3) is 0.222. The summed E-state index contributed by atoms with van der Waals surface area (Å²) in [5.74, 6) is 0.284. The molecule has 2 bridgehead atoms. The molecule has 2 atom stereocenters. The second-order valence-electron chi connectivity index (χ2n) is 8.00. The zero-order valence-electron chi connectivity index (χ0n) is 16.9. The first-order valence-corrected chi connectivity index (χ1v) is 10.5. The highest BCUT2D eigenvalue weighted by Gasteiger charge is 2.64. The zero-order chi connectivity index (χ0) is 20.1. The predicted octanol–water partition coefficient (Wildman–Crippen LogP) is 6.10. The monoisotopic (exact) mass is 379 g/mol. The highest BCUT2D eigenvalue weighted by Crippen LogP contribution is 2.62. The average molecular weight is 380 g/mol. The molecule has 29 heavy (non-hydrogen) atoms. The first kappa shape index (κ1) is 17.9. The minimum Gasteiger partial charge on any atom is -0.369 e. The van der Waals surface area contributed by atoms with Crippen molar-refractivity contribution in [3.63, 3.8) is 0 Å². The molecule has 1 heterocycles. The maximum Gasteiger partial charge on any atom is 0.177 e. The van der Waals surface area contributed by atoms with Crippen molar-refractivity contribution in [1.82, 2.24) is 0 Å². The molecule has 0 saturated carbocycles. The summed E-state index contributed by atoms with van der Waals surface area (Å²) in [4.78, 5) is 14.3. The maximum absolute atomic E-state index is 14.3. The Hall–Kier alpha value is -3.13. The van der Waals surface area contributed by atoms with Crippen LogP contribution in [-0.2, 0) is 10.2 Å². The number of benzene rings is 3. The van der Waals surface area contributed by atoms with Gasteiger partial charge in [-0.2, -0.15) is 0 Å². The van der Waals surface area contributed by atoms with Crippen LogP contribution in [0.15, 0.2) is 84.9 Å². The molecule has 0 radical (unpaired) electrons. The topological polar surface area (TPSA) is 29.1 Å². The van der Waals surface area contributed by atoms with Gasteiger partial charge >= 0.3 is 0 Å². The van der Waals surface area contributed by atoms with Gasteiger partial charge in [0.2, 0.25) is 0 Å². The second-order valence-corrected chi connectivity index (χ2v) is 8.00. The van der Waals surface area contributed by atoms with Crippen LogP contribution in [0.2, 0.25) is 0 Å². The van der Waals surface area contributed by atoms with E-state index in [0.717, 1.165) is 39.9 Å². The van der Waals surface area contributed by atoms with Crippen molar-refractivity contribution in [2.45, 2.75) is 37.6 Å². The Morgan fingerprint density at radius 1 is 0.690 bits per heavy atom. The lowest BCUT2D eigenvalue weighted by atomic mass is 9.65. The van der Waals surface area contributed by atoms with Crippen molar-refractivity contribution < 1.29 is 4.79 Å². The zero-order valence-corrected chi connectivity index (χ0v) is 16.9. The Kier molecular flexibility index (Phi) is 3.99. The number of nitrogens with one attached hydrogen (secondary N) is 1. The van der Waals surface area contributed by atoms with Crippen molar-refractivity contribution in [2.24, 2.45) is 0 Å². The Bertz CT molecular complexity index is 1120. The van der Waals surface area contributed by atoms with Crippen LogP contribution in [0.4, 0.5) is 5.69 Å². The van der Waals surface area contributed by atoms with E-state index in [9.17, 15) is 4.79 Å². The van der Waals surface area contributed by atoms with Gasteiger partial charge in [-0.3, -0.25) is 4.79 Å². The van der Waals surface area contributed by atoms with E-state index < -0.39 is 11.0 Å². The first-order chi connectivity index (χ1) is 14.2. The number of hydrogen-bond donors (Lipinski definition) is 1. The van der Waals surface area contributed by atoms with E-state index in [1.54, 1.807) is 0 Å². The molecule has 0 fully saturated rings. The lowest BCUT2D eigenvalue weighted by Crippen LogP contribution is -2.54. The number of carbonyl (C=O) groups excluding carboxylic acids is 1. The molecule has 2 aliphatic rings. The van der Waals surface area contributed by atoms with E-state index >= 15 is 0 Å². The van der Waals surface area contributed by atoms with Crippen molar-refractivity contribution >= 4 is 22.6 Å². The van der Waals surface area contributed by atoms with Crippen LogP contribution in [0.25, 0.3) is 11.1 Å². The van der Waals surface area contributed by atoms with E-state index in [1.165, 1.54) is 0 Å². The average Bonchev–Trinajstić information content (AvgIpc) is 2.93. The lowest BCUT2D eigenvalue weighted by Gasteiger charge is -2.42. The van der Waals surface area contributed by atoms with Crippen LogP contribution >= 0.6 is 0 Å². The van der Waals surface area contributed by atoms with Crippen molar-refractivity contribution in [1.29, 1.82) is 0 Å². The summed E-state index contributed by atoms with van der Waals surface area (Å²) in [7, 11) is 0. The van der Waals surface area contributed by atoms with Crippen LogP contribution in [0.5, 0.6) is 0 Å². The van der Waals surface area contributed by atoms with Gasteiger partial charge in [-0.25, -0.2) is 0 Å². The molecule has 0 amide bonds. The molecule has 0 saturated heterocycles. The van der Waals surface area contributed by atoms with Gasteiger partial charge in [-0.1, -0.05) is 92.7 Å². The molecule has 144 valence electrons. The third kappa shape index (κ3) is 2.20. The molecule has 5 rings (SSSR count). The molecule has 0 unspecified atom stereocenters. The summed E-state index contributed by atoms with van der Waals surface area (Å²) in [5, 5.41) is 3.70. The maximum atomic E-state index is 14.3. The first-order valence-electron chi connectivity index (χ1n) is 10.5. The number of anilines is 1. The van der Waals surface area contributed by atoms with E-state index in [-0.39, 0.29) is 5.78 Å². The van der Waals surface area contributed by atoms with Crippen molar-refractivity contribution in [3.8, 4) is 0 Å². The Morgan fingerprint density at radius 3 is 1.83 bits per heavy atom. The number of Topliss-reactive ketones (excluding diaryl/α,β-unsaturated/α-hetero) is 1. The summed E-state index contributed by atoms with van der Waals surface area (Å²) in [6.07, 6.45) is 1.45. The molecule has 1 aliphatic heterocycles. The van der Waals surface area contributed by atoms with Gasteiger partial charge in [-0.05, 0) is 46.7 Å². The number of ketones is 1. The van der Waals surface area contributed by atoms with Crippen LogP contribution in [0.1, 0.15) is 43.4 Å². The van der Waals surface area contributed by atoms with Gasteiger partial charge in [0.05, 0.1) is 5.41 Å². The van der Waals surface area contributed by atoms with Gasteiger partial charge in [0.25, 0.3) is 0 Å². The molecule has 0 spiro atoms. The van der Waals surface area contributed by atoms with Crippen molar-refractivity contribution in [3.05, 3.63) is 102 Å². The Labute approximate surface area is 172 Å². The number of carbonyl (C=O) groups is 1. The fourth-order valence-electron chi connectivity index (χ4n) is 5.53. The van der Waals surface area contributed by atoms with Crippen LogP contribution in [0.3, 0.4) is 0 Å². The van der Waals surface area contributed by atoms with E-state index in [2.05, 4.69) is 85.9 Å². The third-order valence-electron chi connectivity index (χ3n) is 6.80. The smallest absolute Gasteiger partial charge is 0.177 e. The molecular formula is C27H25NO. The molecule has 2 heteroatoms. The van der Waals surface area contributed by atoms with Gasteiger partial charge in [-0.15, -0.1) is 0 Å². The fourth-order valence-corrected chi connectivity index (χ4v) is 5.53. The standard InChI is InChI=1S/C27H25NO/c1-3-26-21-17-11-12-18-22(21)28-27(4-2,25(26)29)24(20-15-9-6-10-16-20)23(26)19-13-7-5-8-14-19/h5-18,28H,3-4H2,1-2H3/t26-,27+/m1/s1. The number of fused-ring (bicyclic) bond motifs is 4. The van der Waals surface area contributed by atoms with Crippen LogP contribution in [0, 0.1) is 0 Å². The van der Waals surface area contributed by atoms with E-state index in [4.69, 9.17) is 0 Å². The van der Waals surface area contributed by atoms with Gasteiger partial charge < -0.3 is 5.32 Å². The van der Waals surface area contributed by atoms with Crippen LogP contribution in [-0.4, -0.2) is 11.3 Å². The predicted molar refractivity (Wildman–Crippen MR) is 120 cm³/mol. The molecule has 2 nitrogen and oxygen atoms in total. The SMILES string of the molecule is CC[C@@]12Nc3ccccc3[C@@](CC)(C1=O)C(c1ccccc1)=C2c1ccccc1. The van der Waals surface area contributed by atoms with E-state index in [0.29, 0.717) is 6.42 Å². The van der Waals surface area contributed by atoms with E-state index in [1.807, 2.05) is 18.2 Å². The third-order valence-corrected chi connectivity index (χ3v) is 6.80. The second kappa shape index (κ2) is 6.45. The number of allylic oxidation sites excluding steroid dienone is 1. The molecule has 1 N–H and O–H groups in total. The quantitative estimate of drug-likeness (QED) is 0.593. The summed E-state index contributed by atoms with van der Waals surface area (Å²) in [5.41, 5.74) is 5.39. The summed E-state index contributed by atoms with van der Waals surface area (Å²) in [6, 6.07) is 29.3. The van der Waals surface area contributed by atoms with Gasteiger partial charge in [0.15, 0.2) is 5.78 Å². The number of para-hydroxylation sites is 1. The minimum atomic E-state index is -0.711. The Morgan fingerprint density at radius 2 is 1.24 bits per heavy atom. The molecule has 3 aromatic rings. The molecule has 1 aliphatic carbocycles. The number of hydrogen-bond acceptors (Lipinski definition) is 2. The molecule has 3 aromatic carbocycles. The highest BCUT2D eigenvalue weighted by atomic mass is 16.1.